The highest BCUT2D eigenvalue weighted by Gasteiger charge is 2.40. The fourth-order valence-electron chi connectivity index (χ4n) is 1.94. The van der Waals surface area contributed by atoms with E-state index in [9.17, 15) is 0 Å². The van der Waals surface area contributed by atoms with E-state index in [1.165, 1.54) is 18.4 Å². The monoisotopic (exact) mass is 205 g/mol. The first-order chi connectivity index (χ1) is 7.14. The number of nitrogens with zero attached hydrogens (tertiary/aromatic N) is 1. The van der Waals surface area contributed by atoms with E-state index in [2.05, 4.69) is 30.2 Å². The predicted octanol–water partition coefficient (Wildman–Crippen LogP) is 1.93. The fraction of sp³-hybridized carbons (Fsp3) is 0.583. The van der Waals surface area contributed by atoms with Crippen LogP contribution in [-0.2, 0) is 0 Å². The number of aryl methyl sites for hydroxylation is 1. The predicted molar refractivity (Wildman–Crippen MR) is 62.8 cm³/mol. The van der Waals surface area contributed by atoms with Gasteiger partial charge in [-0.3, -0.25) is 0 Å². The van der Waals surface area contributed by atoms with E-state index in [1.54, 1.807) is 0 Å². The second-order valence-electron chi connectivity index (χ2n) is 4.74. The summed E-state index contributed by atoms with van der Waals surface area (Å²) in [6.07, 6.45) is 4.40. The van der Waals surface area contributed by atoms with Crippen molar-refractivity contribution in [1.82, 2.24) is 4.98 Å². The Bertz CT molecular complexity index is 346. The molecule has 0 aromatic carbocycles. The van der Waals surface area contributed by atoms with Crippen molar-refractivity contribution in [2.75, 3.05) is 11.9 Å². The minimum absolute atomic E-state index is 0.0147. The summed E-state index contributed by atoms with van der Waals surface area (Å²) in [6.45, 7) is 4.92. The van der Waals surface area contributed by atoms with Crippen molar-refractivity contribution in [3.8, 4) is 0 Å². The van der Waals surface area contributed by atoms with Gasteiger partial charge in [-0.1, -0.05) is 0 Å². The molecule has 1 unspecified atom stereocenters. The number of hydrogen-bond acceptors (Lipinski definition) is 3. The summed E-state index contributed by atoms with van der Waals surface area (Å²) in [4.78, 5) is 4.32. The van der Waals surface area contributed by atoms with Crippen LogP contribution in [0.3, 0.4) is 0 Å². The summed E-state index contributed by atoms with van der Waals surface area (Å²) in [5, 5.41) is 3.47. The molecule has 3 N–H and O–H groups in total. The molecule has 15 heavy (non-hydrogen) atoms. The van der Waals surface area contributed by atoms with Crippen molar-refractivity contribution in [2.24, 2.45) is 11.7 Å². The van der Waals surface area contributed by atoms with Gasteiger partial charge in [-0.2, -0.15) is 0 Å². The third-order valence-electron chi connectivity index (χ3n) is 3.23. The normalized spacial score (nSPS) is 19.7. The van der Waals surface area contributed by atoms with Crippen molar-refractivity contribution in [1.29, 1.82) is 0 Å². The first kappa shape index (κ1) is 10.4. The van der Waals surface area contributed by atoms with Gasteiger partial charge >= 0.3 is 0 Å². The molecule has 82 valence electrons. The number of aromatic nitrogens is 1. The zero-order chi connectivity index (χ0) is 10.9. The molecular formula is C12H19N3. The Morgan fingerprint density at radius 3 is 2.87 bits per heavy atom. The van der Waals surface area contributed by atoms with Crippen LogP contribution in [0.1, 0.15) is 25.3 Å². The largest absolute Gasteiger partial charge is 0.363 e. The van der Waals surface area contributed by atoms with E-state index in [0.29, 0.717) is 12.5 Å². The summed E-state index contributed by atoms with van der Waals surface area (Å²) >= 11 is 0. The Kier molecular flexibility index (Phi) is 2.65. The molecular weight excluding hydrogens is 186 g/mol. The Balaban J connectivity index is 2.12. The van der Waals surface area contributed by atoms with Crippen molar-refractivity contribution < 1.29 is 0 Å². The molecule has 1 heterocycles. The summed E-state index contributed by atoms with van der Waals surface area (Å²) in [6, 6.07) is 4.07. The Hall–Kier alpha value is -1.09. The Labute approximate surface area is 91.1 Å². The molecule has 0 saturated heterocycles. The lowest BCUT2D eigenvalue weighted by molar-refractivity contribution is 0.458. The Morgan fingerprint density at radius 1 is 1.60 bits per heavy atom. The standard InChI is InChI=1S/C12H19N3/c1-9-5-6-14-11(7-9)15-12(2,8-13)10-3-4-10/h5-7,10H,3-4,8,13H2,1-2H3,(H,14,15). The van der Waals surface area contributed by atoms with E-state index >= 15 is 0 Å². The molecule has 1 aliphatic rings. The lowest BCUT2D eigenvalue weighted by Crippen LogP contribution is -2.44. The van der Waals surface area contributed by atoms with Gasteiger partial charge in [0.05, 0.1) is 5.54 Å². The summed E-state index contributed by atoms with van der Waals surface area (Å²) in [5.74, 6) is 1.65. The molecule has 3 heteroatoms. The van der Waals surface area contributed by atoms with Gasteiger partial charge in [-0.05, 0) is 50.3 Å². The molecule has 0 bridgehead atoms. The van der Waals surface area contributed by atoms with Crippen LogP contribution in [0.15, 0.2) is 18.3 Å². The van der Waals surface area contributed by atoms with Crippen LogP contribution in [0.5, 0.6) is 0 Å². The highest BCUT2D eigenvalue weighted by atomic mass is 15.1. The molecule has 1 saturated carbocycles. The molecule has 3 nitrogen and oxygen atoms in total. The highest BCUT2D eigenvalue weighted by molar-refractivity contribution is 5.40. The van der Waals surface area contributed by atoms with Gasteiger partial charge in [0.25, 0.3) is 0 Å². The fourth-order valence-corrected chi connectivity index (χ4v) is 1.94. The maximum absolute atomic E-state index is 5.84. The zero-order valence-electron chi connectivity index (χ0n) is 9.46. The smallest absolute Gasteiger partial charge is 0.126 e. The van der Waals surface area contributed by atoms with E-state index in [4.69, 9.17) is 5.73 Å². The second-order valence-corrected chi connectivity index (χ2v) is 4.74. The topological polar surface area (TPSA) is 50.9 Å². The van der Waals surface area contributed by atoms with Gasteiger partial charge in [0.1, 0.15) is 5.82 Å². The van der Waals surface area contributed by atoms with Crippen molar-refractivity contribution in [3.05, 3.63) is 23.9 Å². The third kappa shape index (κ3) is 2.29. The molecule has 0 aliphatic heterocycles. The highest BCUT2D eigenvalue weighted by Crippen LogP contribution is 2.40. The van der Waals surface area contributed by atoms with E-state index in [-0.39, 0.29) is 5.54 Å². The van der Waals surface area contributed by atoms with Gasteiger partial charge in [0.2, 0.25) is 0 Å². The van der Waals surface area contributed by atoms with Gasteiger partial charge in [0.15, 0.2) is 0 Å². The SMILES string of the molecule is Cc1ccnc(NC(C)(CN)C2CC2)c1. The van der Waals surface area contributed by atoms with Crippen LogP contribution in [-0.4, -0.2) is 17.1 Å². The minimum atomic E-state index is 0.0147. The first-order valence-electron chi connectivity index (χ1n) is 5.55. The first-order valence-corrected chi connectivity index (χ1v) is 5.55. The summed E-state index contributed by atoms with van der Waals surface area (Å²) in [5.41, 5.74) is 7.08. The summed E-state index contributed by atoms with van der Waals surface area (Å²) < 4.78 is 0. The molecule has 1 aliphatic carbocycles. The quantitative estimate of drug-likeness (QED) is 0.789. The number of pyridine rings is 1. The Morgan fingerprint density at radius 2 is 2.33 bits per heavy atom. The third-order valence-corrected chi connectivity index (χ3v) is 3.23. The maximum Gasteiger partial charge on any atom is 0.126 e. The number of hydrogen-bond donors (Lipinski definition) is 2. The van der Waals surface area contributed by atoms with Gasteiger partial charge in [0, 0.05) is 12.7 Å². The van der Waals surface area contributed by atoms with Crippen LogP contribution in [0.2, 0.25) is 0 Å². The number of anilines is 1. The van der Waals surface area contributed by atoms with Crippen LogP contribution < -0.4 is 11.1 Å². The van der Waals surface area contributed by atoms with Crippen molar-refractivity contribution >= 4 is 5.82 Å². The molecule has 0 amide bonds. The maximum atomic E-state index is 5.84. The second kappa shape index (κ2) is 3.81. The van der Waals surface area contributed by atoms with E-state index in [0.717, 1.165) is 5.82 Å². The molecule has 1 aromatic heterocycles. The lowest BCUT2D eigenvalue weighted by Gasteiger charge is -2.30. The van der Waals surface area contributed by atoms with Crippen LogP contribution in [0, 0.1) is 12.8 Å². The molecule has 1 atom stereocenters. The molecule has 1 fully saturated rings. The summed E-state index contributed by atoms with van der Waals surface area (Å²) in [7, 11) is 0. The zero-order valence-corrected chi connectivity index (χ0v) is 9.46. The van der Waals surface area contributed by atoms with Crippen molar-refractivity contribution in [2.45, 2.75) is 32.2 Å². The number of nitrogens with one attached hydrogen (secondary N) is 1. The van der Waals surface area contributed by atoms with Gasteiger partial charge in [-0.15, -0.1) is 0 Å². The molecule has 2 rings (SSSR count). The number of nitrogens with two attached hydrogens (primary N) is 1. The minimum Gasteiger partial charge on any atom is -0.363 e. The van der Waals surface area contributed by atoms with Crippen molar-refractivity contribution in [3.63, 3.8) is 0 Å². The average Bonchev–Trinajstić information content (AvgIpc) is 3.01. The van der Waals surface area contributed by atoms with Crippen LogP contribution in [0.25, 0.3) is 0 Å². The van der Waals surface area contributed by atoms with E-state index in [1.807, 2.05) is 12.3 Å². The van der Waals surface area contributed by atoms with Gasteiger partial charge in [-0.25, -0.2) is 4.98 Å². The molecule has 0 spiro atoms. The molecule has 1 aromatic rings. The number of rotatable bonds is 4. The molecule has 0 radical (unpaired) electrons. The lowest BCUT2D eigenvalue weighted by atomic mass is 9.96. The van der Waals surface area contributed by atoms with Gasteiger partial charge < -0.3 is 11.1 Å². The van der Waals surface area contributed by atoms with E-state index < -0.39 is 0 Å². The van der Waals surface area contributed by atoms with Crippen LogP contribution in [0.4, 0.5) is 5.82 Å². The average molecular weight is 205 g/mol. The van der Waals surface area contributed by atoms with Crippen LogP contribution >= 0.6 is 0 Å².